The molecule has 118 valence electrons. The molecule has 0 bridgehead atoms. The average molecular weight is 319 g/mol. The van der Waals surface area contributed by atoms with Gasteiger partial charge in [0.05, 0.1) is 12.7 Å². The van der Waals surface area contributed by atoms with E-state index in [4.69, 9.17) is 9.15 Å². The van der Waals surface area contributed by atoms with Gasteiger partial charge < -0.3 is 14.1 Å². The lowest BCUT2D eigenvalue weighted by molar-refractivity contribution is 0.0602. The molecule has 0 aliphatic carbocycles. The van der Waals surface area contributed by atoms with Crippen LogP contribution in [0.3, 0.4) is 0 Å². The van der Waals surface area contributed by atoms with Crippen molar-refractivity contribution in [1.29, 1.82) is 0 Å². The Morgan fingerprint density at radius 3 is 2.75 bits per heavy atom. The third-order valence-electron chi connectivity index (χ3n) is 4.03. The molecule has 4 aromatic rings. The highest BCUT2D eigenvalue weighted by Gasteiger charge is 2.16. The third-order valence-corrected chi connectivity index (χ3v) is 4.03. The van der Waals surface area contributed by atoms with Crippen molar-refractivity contribution in [2.24, 2.45) is 0 Å². The Balaban J connectivity index is 2.03. The average Bonchev–Trinajstić information content (AvgIpc) is 3.07. The van der Waals surface area contributed by atoms with Crippen molar-refractivity contribution in [2.75, 3.05) is 7.11 Å². The van der Waals surface area contributed by atoms with Gasteiger partial charge >= 0.3 is 11.6 Å². The minimum absolute atomic E-state index is 0.425. The monoisotopic (exact) mass is 319 g/mol. The number of aromatic amines is 1. The molecule has 2 aromatic heterocycles. The molecule has 2 heterocycles. The highest BCUT2D eigenvalue weighted by molar-refractivity contribution is 6.02. The van der Waals surface area contributed by atoms with Gasteiger partial charge in [0.2, 0.25) is 0 Å². The summed E-state index contributed by atoms with van der Waals surface area (Å²) >= 11 is 0. The maximum absolute atomic E-state index is 12.2. The van der Waals surface area contributed by atoms with Crippen LogP contribution in [-0.2, 0) is 4.74 Å². The van der Waals surface area contributed by atoms with Crippen molar-refractivity contribution >= 4 is 27.8 Å². The number of hydrogen-bond donors (Lipinski definition) is 1. The Morgan fingerprint density at radius 2 is 1.92 bits per heavy atom. The van der Waals surface area contributed by atoms with Gasteiger partial charge in [-0.1, -0.05) is 6.07 Å². The van der Waals surface area contributed by atoms with Crippen LogP contribution in [0, 0.1) is 0 Å². The molecule has 0 spiro atoms. The van der Waals surface area contributed by atoms with E-state index >= 15 is 0 Å². The molecule has 0 saturated carbocycles. The summed E-state index contributed by atoms with van der Waals surface area (Å²) in [6, 6.07) is 14.1. The van der Waals surface area contributed by atoms with Gasteiger partial charge in [-0.3, -0.25) is 0 Å². The Bertz CT molecular complexity index is 1140. The first-order valence-corrected chi connectivity index (χ1v) is 7.39. The number of nitrogens with one attached hydrogen (secondary N) is 1. The van der Waals surface area contributed by atoms with Crippen LogP contribution in [0.5, 0.6) is 0 Å². The molecule has 0 saturated heterocycles. The van der Waals surface area contributed by atoms with E-state index in [1.807, 2.05) is 30.5 Å². The van der Waals surface area contributed by atoms with Crippen LogP contribution in [0.1, 0.15) is 10.4 Å². The van der Waals surface area contributed by atoms with Gasteiger partial charge in [0.1, 0.15) is 5.58 Å². The summed E-state index contributed by atoms with van der Waals surface area (Å²) in [6.07, 6.45) is 1.86. The molecule has 4 rings (SSSR count). The molecule has 1 N–H and O–H groups in total. The molecular weight excluding hydrogens is 306 g/mol. The van der Waals surface area contributed by atoms with Crippen molar-refractivity contribution < 1.29 is 13.9 Å². The molecule has 0 fully saturated rings. The van der Waals surface area contributed by atoms with Crippen LogP contribution < -0.4 is 5.63 Å². The number of carbonyl (C=O) groups is 1. The lowest BCUT2D eigenvalue weighted by atomic mass is 9.97. The molecule has 0 amide bonds. The van der Waals surface area contributed by atoms with E-state index in [1.165, 1.54) is 13.2 Å². The van der Waals surface area contributed by atoms with E-state index in [1.54, 1.807) is 18.2 Å². The first-order chi connectivity index (χ1) is 11.7. The van der Waals surface area contributed by atoms with E-state index in [0.717, 1.165) is 16.5 Å². The van der Waals surface area contributed by atoms with Crippen molar-refractivity contribution in [1.82, 2.24) is 4.98 Å². The number of methoxy groups -OCH3 is 1. The van der Waals surface area contributed by atoms with Gasteiger partial charge in [-0.05, 0) is 52.9 Å². The smallest absolute Gasteiger partial charge is 0.338 e. The summed E-state index contributed by atoms with van der Waals surface area (Å²) in [6.45, 7) is 0. The molecule has 0 unspecified atom stereocenters. The Kier molecular flexibility index (Phi) is 3.20. The lowest BCUT2D eigenvalue weighted by Crippen LogP contribution is -2.04. The minimum Gasteiger partial charge on any atom is -0.465 e. The van der Waals surface area contributed by atoms with Gasteiger partial charge in [-0.2, -0.15) is 0 Å². The first-order valence-electron chi connectivity index (χ1n) is 7.39. The van der Waals surface area contributed by atoms with Crippen LogP contribution in [-0.4, -0.2) is 18.1 Å². The fourth-order valence-corrected chi connectivity index (χ4v) is 2.85. The van der Waals surface area contributed by atoms with Gasteiger partial charge in [0.15, 0.2) is 0 Å². The maximum Gasteiger partial charge on any atom is 0.338 e. The predicted molar refractivity (Wildman–Crippen MR) is 91.1 cm³/mol. The first kappa shape index (κ1) is 14.3. The highest BCUT2D eigenvalue weighted by atomic mass is 16.5. The molecule has 0 atom stereocenters. The van der Waals surface area contributed by atoms with E-state index in [0.29, 0.717) is 22.1 Å². The zero-order chi connectivity index (χ0) is 16.7. The fraction of sp³-hybridized carbons (Fsp3) is 0.0526. The van der Waals surface area contributed by atoms with E-state index in [-0.39, 0.29) is 0 Å². The Hall–Kier alpha value is -3.34. The van der Waals surface area contributed by atoms with Crippen LogP contribution in [0.4, 0.5) is 0 Å². The summed E-state index contributed by atoms with van der Waals surface area (Å²) in [5.74, 6) is -0.438. The summed E-state index contributed by atoms with van der Waals surface area (Å²) in [7, 11) is 1.34. The number of rotatable bonds is 2. The summed E-state index contributed by atoms with van der Waals surface area (Å²) in [4.78, 5) is 26.8. The fourth-order valence-electron chi connectivity index (χ4n) is 2.85. The standard InChI is InChI=1S/C19H13NO4/c1-23-19(22)15-9-13-3-5-18(21)24-17(13)10-14(15)11-2-4-16-12(8-11)6-7-20-16/h2-10,20H,1H3. The van der Waals surface area contributed by atoms with Gasteiger partial charge in [0, 0.05) is 23.2 Å². The number of carbonyl (C=O) groups excluding carboxylic acids is 1. The van der Waals surface area contributed by atoms with E-state index in [9.17, 15) is 9.59 Å². The second-order valence-electron chi connectivity index (χ2n) is 5.46. The normalized spacial score (nSPS) is 11.0. The number of benzene rings is 2. The van der Waals surface area contributed by atoms with Crippen molar-refractivity contribution in [3.63, 3.8) is 0 Å². The largest absolute Gasteiger partial charge is 0.465 e. The molecular formula is C19H13NO4. The topological polar surface area (TPSA) is 72.3 Å². The number of esters is 1. The zero-order valence-corrected chi connectivity index (χ0v) is 12.8. The summed E-state index contributed by atoms with van der Waals surface area (Å²) < 4.78 is 10.2. The molecule has 0 aliphatic heterocycles. The molecule has 0 aliphatic rings. The summed E-state index contributed by atoms with van der Waals surface area (Å²) in [5.41, 5.74) is 2.93. The molecule has 5 heteroatoms. The van der Waals surface area contributed by atoms with E-state index < -0.39 is 11.6 Å². The molecule has 2 aromatic carbocycles. The van der Waals surface area contributed by atoms with Gasteiger partial charge in [-0.15, -0.1) is 0 Å². The van der Waals surface area contributed by atoms with Crippen LogP contribution in [0.15, 0.2) is 63.9 Å². The maximum atomic E-state index is 12.2. The number of ether oxygens (including phenoxy) is 1. The molecule has 0 radical (unpaired) electrons. The lowest BCUT2D eigenvalue weighted by Gasteiger charge is -2.10. The predicted octanol–water partition coefficient (Wildman–Crippen LogP) is 3.73. The van der Waals surface area contributed by atoms with Crippen LogP contribution >= 0.6 is 0 Å². The number of hydrogen-bond acceptors (Lipinski definition) is 4. The quantitative estimate of drug-likeness (QED) is 0.451. The van der Waals surface area contributed by atoms with Crippen LogP contribution in [0.25, 0.3) is 33.0 Å². The second kappa shape index (κ2) is 5.38. The number of fused-ring (bicyclic) bond motifs is 2. The number of H-pyrrole nitrogens is 1. The van der Waals surface area contributed by atoms with Crippen molar-refractivity contribution in [3.05, 3.63) is 70.7 Å². The van der Waals surface area contributed by atoms with E-state index in [2.05, 4.69) is 4.98 Å². The van der Waals surface area contributed by atoms with Crippen molar-refractivity contribution in [2.45, 2.75) is 0 Å². The second-order valence-corrected chi connectivity index (χ2v) is 5.46. The summed E-state index contributed by atoms with van der Waals surface area (Å²) in [5, 5.41) is 1.69. The van der Waals surface area contributed by atoms with Gasteiger partial charge in [0.25, 0.3) is 0 Å². The Labute approximate surface area is 136 Å². The highest BCUT2D eigenvalue weighted by Crippen LogP contribution is 2.31. The third kappa shape index (κ3) is 2.27. The Morgan fingerprint density at radius 1 is 1.04 bits per heavy atom. The van der Waals surface area contributed by atoms with Gasteiger partial charge in [-0.25, -0.2) is 9.59 Å². The minimum atomic E-state index is -0.438. The zero-order valence-electron chi connectivity index (χ0n) is 12.8. The SMILES string of the molecule is COC(=O)c1cc2ccc(=O)oc2cc1-c1ccc2[nH]ccc2c1. The number of aromatic nitrogens is 1. The molecule has 24 heavy (non-hydrogen) atoms. The van der Waals surface area contributed by atoms with Crippen molar-refractivity contribution in [3.8, 4) is 11.1 Å². The molecule has 5 nitrogen and oxygen atoms in total. The van der Waals surface area contributed by atoms with Crippen LogP contribution in [0.2, 0.25) is 0 Å².